The van der Waals surface area contributed by atoms with Crippen LogP contribution in [-0.4, -0.2) is 24.9 Å². The Bertz CT molecular complexity index is 668. The number of likely N-dealkylation sites (N-methyl/N-ethyl adjacent to an activating group) is 1. The second-order valence-electron chi connectivity index (χ2n) is 5.42. The number of amides is 2. The number of carbonyl (C=O) groups is 2. The molecule has 2 aromatic rings. The van der Waals surface area contributed by atoms with Gasteiger partial charge in [0, 0.05) is 12.2 Å². The molecular weight excluding hydrogens is 288 g/mol. The Morgan fingerprint density at radius 2 is 1.78 bits per heavy atom. The molecule has 0 saturated heterocycles. The molecule has 0 fully saturated rings. The number of nitrogens with one attached hydrogen (secondary N) is 1. The monoisotopic (exact) mass is 310 g/mol. The maximum atomic E-state index is 12.3. The van der Waals surface area contributed by atoms with Gasteiger partial charge in [0.25, 0.3) is 0 Å². The number of hydrogen-bond acceptors (Lipinski definition) is 2. The van der Waals surface area contributed by atoms with Gasteiger partial charge >= 0.3 is 0 Å². The summed E-state index contributed by atoms with van der Waals surface area (Å²) < 4.78 is 0. The Balaban J connectivity index is 1.89. The quantitative estimate of drug-likeness (QED) is 0.892. The highest BCUT2D eigenvalue weighted by Crippen LogP contribution is 2.12. The van der Waals surface area contributed by atoms with Crippen LogP contribution >= 0.6 is 0 Å². The van der Waals surface area contributed by atoms with E-state index in [0.717, 1.165) is 16.8 Å². The fraction of sp³-hybridized carbons (Fsp3) is 0.263. The van der Waals surface area contributed by atoms with Crippen LogP contribution in [0, 0.1) is 6.92 Å². The lowest BCUT2D eigenvalue weighted by Gasteiger charge is -2.21. The van der Waals surface area contributed by atoms with Crippen LogP contribution in [0.25, 0.3) is 0 Å². The Hall–Kier alpha value is -2.62. The summed E-state index contributed by atoms with van der Waals surface area (Å²) in [4.78, 5) is 26.0. The molecule has 0 bridgehead atoms. The SMILES string of the molecule is CCN(C(=O)CNC(=O)Cc1cccc(C)c1)c1ccccc1. The molecule has 23 heavy (non-hydrogen) atoms. The summed E-state index contributed by atoms with van der Waals surface area (Å²) in [6.45, 7) is 4.48. The predicted octanol–water partition coefficient (Wildman–Crippen LogP) is 2.71. The van der Waals surface area contributed by atoms with E-state index in [-0.39, 0.29) is 24.8 Å². The van der Waals surface area contributed by atoms with Crippen molar-refractivity contribution in [3.05, 3.63) is 65.7 Å². The zero-order valence-electron chi connectivity index (χ0n) is 13.6. The number of carbonyl (C=O) groups excluding carboxylic acids is 2. The van der Waals surface area contributed by atoms with Gasteiger partial charge in [0.2, 0.25) is 11.8 Å². The van der Waals surface area contributed by atoms with Crippen LogP contribution in [0.15, 0.2) is 54.6 Å². The normalized spacial score (nSPS) is 10.2. The van der Waals surface area contributed by atoms with Crippen LogP contribution in [-0.2, 0) is 16.0 Å². The molecule has 0 spiro atoms. The molecule has 1 N–H and O–H groups in total. The molecule has 0 unspecified atom stereocenters. The fourth-order valence-electron chi connectivity index (χ4n) is 2.45. The first-order chi connectivity index (χ1) is 11.1. The van der Waals surface area contributed by atoms with Gasteiger partial charge in [-0.05, 0) is 31.5 Å². The van der Waals surface area contributed by atoms with Gasteiger partial charge in [0.1, 0.15) is 0 Å². The minimum Gasteiger partial charge on any atom is -0.347 e. The predicted molar refractivity (Wildman–Crippen MR) is 92.4 cm³/mol. The van der Waals surface area contributed by atoms with E-state index in [1.54, 1.807) is 4.90 Å². The van der Waals surface area contributed by atoms with E-state index in [2.05, 4.69) is 5.32 Å². The molecule has 0 aliphatic rings. The maximum absolute atomic E-state index is 12.3. The van der Waals surface area contributed by atoms with Gasteiger partial charge < -0.3 is 10.2 Å². The van der Waals surface area contributed by atoms with Gasteiger partial charge in [0.05, 0.1) is 13.0 Å². The second kappa shape index (κ2) is 8.13. The summed E-state index contributed by atoms with van der Waals surface area (Å²) in [6.07, 6.45) is 0.284. The van der Waals surface area contributed by atoms with E-state index in [9.17, 15) is 9.59 Å². The topological polar surface area (TPSA) is 49.4 Å². The number of anilines is 1. The third-order valence-corrected chi connectivity index (χ3v) is 3.57. The Labute approximate surface area is 137 Å². The molecule has 4 nitrogen and oxygen atoms in total. The fourth-order valence-corrected chi connectivity index (χ4v) is 2.45. The van der Waals surface area contributed by atoms with E-state index in [0.29, 0.717) is 6.54 Å². The third-order valence-electron chi connectivity index (χ3n) is 3.57. The van der Waals surface area contributed by atoms with E-state index in [1.807, 2.05) is 68.4 Å². The first-order valence-electron chi connectivity index (χ1n) is 7.78. The lowest BCUT2D eigenvalue weighted by molar-refractivity contribution is -0.124. The Morgan fingerprint density at radius 1 is 1.04 bits per heavy atom. The summed E-state index contributed by atoms with van der Waals surface area (Å²) in [7, 11) is 0. The standard InChI is InChI=1S/C19H22N2O2/c1-3-21(17-10-5-4-6-11-17)19(23)14-20-18(22)13-16-9-7-8-15(2)12-16/h4-12H,3,13-14H2,1-2H3,(H,20,22). The smallest absolute Gasteiger partial charge is 0.246 e. The van der Waals surface area contributed by atoms with Crippen molar-refractivity contribution in [1.29, 1.82) is 0 Å². The average molecular weight is 310 g/mol. The van der Waals surface area contributed by atoms with Gasteiger partial charge in [-0.25, -0.2) is 0 Å². The Kier molecular flexibility index (Phi) is 5.92. The highest BCUT2D eigenvalue weighted by molar-refractivity contribution is 5.96. The lowest BCUT2D eigenvalue weighted by atomic mass is 10.1. The Morgan fingerprint density at radius 3 is 2.43 bits per heavy atom. The van der Waals surface area contributed by atoms with Crippen molar-refractivity contribution in [2.24, 2.45) is 0 Å². The maximum Gasteiger partial charge on any atom is 0.246 e. The molecule has 4 heteroatoms. The van der Waals surface area contributed by atoms with Crippen molar-refractivity contribution >= 4 is 17.5 Å². The molecule has 0 aliphatic heterocycles. The first-order valence-corrected chi connectivity index (χ1v) is 7.78. The zero-order valence-corrected chi connectivity index (χ0v) is 13.6. The van der Waals surface area contributed by atoms with Crippen LogP contribution in [0.4, 0.5) is 5.69 Å². The summed E-state index contributed by atoms with van der Waals surface area (Å²) in [5, 5.41) is 2.70. The number of rotatable bonds is 6. The van der Waals surface area contributed by atoms with Gasteiger partial charge in [0.15, 0.2) is 0 Å². The van der Waals surface area contributed by atoms with Crippen LogP contribution < -0.4 is 10.2 Å². The molecule has 0 atom stereocenters. The van der Waals surface area contributed by atoms with Crippen molar-refractivity contribution < 1.29 is 9.59 Å². The molecule has 2 amide bonds. The lowest BCUT2D eigenvalue weighted by Crippen LogP contribution is -2.40. The molecule has 120 valence electrons. The van der Waals surface area contributed by atoms with Crippen molar-refractivity contribution in [2.75, 3.05) is 18.0 Å². The van der Waals surface area contributed by atoms with Crippen LogP contribution in [0.1, 0.15) is 18.1 Å². The number of hydrogen-bond donors (Lipinski definition) is 1. The number of para-hydroxylation sites is 1. The van der Waals surface area contributed by atoms with Crippen LogP contribution in [0.2, 0.25) is 0 Å². The largest absolute Gasteiger partial charge is 0.347 e. The van der Waals surface area contributed by atoms with Crippen LogP contribution in [0.5, 0.6) is 0 Å². The van der Waals surface area contributed by atoms with E-state index >= 15 is 0 Å². The van der Waals surface area contributed by atoms with Crippen molar-refractivity contribution in [3.8, 4) is 0 Å². The van der Waals surface area contributed by atoms with Crippen LogP contribution in [0.3, 0.4) is 0 Å². The summed E-state index contributed by atoms with van der Waals surface area (Å²) >= 11 is 0. The van der Waals surface area contributed by atoms with Gasteiger partial charge in [-0.3, -0.25) is 9.59 Å². The van der Waals surface area contributed by atoms with Crippen molar-refractivity contribution in [3.63, 3.8) is 0 Å². The summed E-state index contributed by atoms with van der Waals surface area (Å²) in [6, 6.07) is 17.3. The molecule has 0 aliphatic carbocycles. The minimum atomic E-state index is -0.145. The zero-order chi connectivity index (χ0) is 16.7. The number of benzene rings is 2. The first kappa shape index (κ1) is 16.7. The molecule has 0 radical (unpaired) electrons. The summed E-state index contributed by atoms with van der Waals surface area (Å²) in [5.41, 5.74) is 2.91. The molecule has 0 heterocycles. The second-order valence-corrected chi connectivity index (χ2v) is 5.42. The molecule has 2 rings (SSSR count). The minimum absolute atomic E-state index is 0.00732. The van der Waals surface area contributed by atoms with Crippen molar-refractivity contribution in [1.82, 2.24) is 5.32 Å². The number of aryl methyl sites for hydroxylation is 1. The van der Waals surface area contributed by atoms with Crippen molar-refractivity contribution in [2.45, 2.75) is 20.3 Å². The van der Waals surface area contributed by atoms with Gasteiger partial charge in [-0.2, -0.15) is 0 Å². The molecule has 0 aromatic heterocycles. The van der Waals surface area contributed by atoms with E-state index in [4.69, 9.17) is 0 Å². The molecular formula is C19H22N2O2. The average Bonchev–Trinajstić information content (AvgIpc) is 2.55. The molecule has 2 aromatic carbocycles. The third kappa shape index (κ3) is 4.95. The van der Waals surface area contributed by atoms with Gasteiger partial charge in [-0.1, -0.05) is 48.0 Å². The highest BCUT2D eigenvalue weighted by Gasteiger charge is 2.14. The number of nitrogens with zero attached hydrogens (tertiary/aromatic N) is 1. The van der Waals surface area contributed by atoms with E-state index in [1.165, 1.54) is 0 Å². The highest BCUT2D eigenvalue weighted by atomic mass is 16.2. The molecule has 0 saturated carbocycles. The summed E-state index contributed by atoms with van der Waals surface area (Å²) in [5.74, 6) is -0.260. The van der Waals surface area contributed by atoms with E-state index < -0.39 is 0 Å². The van der Waals surface area contributed by atoms with Gasteiger partial charge in [-0.15, -0.1) is 0 Å².